The van der Waals surface area contributed by atoms with Crippen molar-refractivity contribution in [3.05, 3.63) is 29.5 Å². The Balaban J connectivity index is 2.08. The number of rotatable bonds is 3. The first-order valence-corrected chi connectivity index (χ1v) is 8.30. The number of hydrogen-bond donors (Lipinski definition) is 2. The Morgan fingerprint density at radius 1 is 1.35 bits per heavy atom. The fourth-order valence-corrected chi connectivity index (χ4v) is 2.82. The Morgan fingerprint density at radius 2 is 2.12 bits per heavy atom. The molecule has 0 fully saturated rings. The molecule has 26 heavy (non-hydrogen) atoms. The summed E-state index contributed by atoms with van der Waals surface area (Å²) in [5, 5.41) is 13.9. The van der Waals surface area contributed by atoms with E-state index in [1.807, 2.05) is 26.0 Å². The molecule has 0 aliphatic carbocycles. The third-order valence-electron chi connectivity index (χ3n) is 3.86. The predicted molar refractivity (Wildman–Crippen MR) is 101 cm³/mol. The number of furan rings is 1. The Kier molecular flexibility index (Phi) is 3.57. The lowest BCUT2D eigenvalue weighted by molar-refractivity contribution is 0.0508. The zero-order valence-corrected chi connectivity index (χ0v) is 15.4. The van der Waals surface area contributed by atoms with E-state index in [0.717, 1.165) is 11.1 Å². The van der Waals surface area contributed by atoms with Crippen molar-refractivity contribution in [2.45, 2.75) is 46.3 Å². The summed E-state index contributed by atoms with van der Waals surface area (Å²) in [5.41, 5.74) is 2.51. The van der Waals surface area contributed by atoms with Gasteiger partial charge < -0.3 is 19.8 Å². The first-order valence-electron chi connectivity index (χ1n) is 9.80. The molecule has 2 N–H and O–H groups in total. The van der Waals surface area contributed by atoms with Crippen molar-refractivity contribution in [3.63, 3.8) is 0 Å². The molecule has 3 rings (SSSR count). The third-order valence-corrected chi connectivity index (χ3v) is 3.86. The van der Waals surface area contributed by atoms with E-state index in [0.29, 0.717) is 22.1 Å². The summed E-state index contributed by atoms with van der Waals surface area (Å²) < 4.78 is 33.7. The first-order chi connectivity index (χ1) is 13.3. The number of nitrogens with zero attached hydrogens (tertiary/aromatic N) is 2. The monoisotopic (exact) mass is 359 g/mol. The molecule has 0 saturated carbocycles. The van der Waals surface area contributed by atoms with Crippen LogP contribution in [0.5, 0.6) is 0 Å². The van der Waals surface area contributed by atoms with E-state index in [1.165, 1.54) is 6.20 Å². The van der Waals surface area contributed by atoms with E-state index < -0.39 is 24.7 Å². The molecule has 3 aromatic rings. The van der Waals surface area contributed by atoms with Gasteiger partial charge in [-0.15, -0.1) is 5.10 Å². The van der Waals surface area contributed by atoms with Crippen molar-refractivity contribution in [1.82, 2.24) is 15.5 Å². The largest absolute Gasteiger partial charge is 0.452 e. The molecule has 1 atom stereocenters. The summed E-state index contributed by atoms with van der Waals surface area (Å²) in [5.74, 6) is 0. The number of benzene rings is 1. The van der Waals surface area contributed by atoms with Crippen LogP contribution in [0.2, 0.25) is 0 Å². The molecule has 1 aromatic carbocycles. The highest BCUT2D eigenvalue weighted by Gasteiger charge is 2.22. The van der Waals surface area contributed by atoms with Gasteiger partial charge in [0, 0.05) is 22.0 Å². The van der Waals surface area contributed by atoms with Crippen LogP contribution < -0.4 is 10.6 Å². The number of hydrogen-bond acceptors (Lipinski definition) is 6. The van der Waals surface area contributed by atoms with Crippen LogP contribution in [0, 0.1) is 6.92 Å². The van der Waals surface area contributed by atoms with Gasteiger partial charge in [-0.1, -0.05) is 6.07 Å². The van der Waals surface area contributed by atoms with Gasteiger partial charge in [0.1, 0.15) is 22.4 Å². The predicted octanol–water partition coefficient (Wildman–Crippen LogP) is 4.31. The molecule has 0 aliphatic rings. The summed E-state index contributed by atoms with van der Waals surface area (Å²) in [6.07, 6.45) is 0.770. The number of carbonyl (C=O) groups excluding carboxylic acids is 1. The van der Waals surface area contributed by atoms with Crippen molar-refractivity contribution in [1.29, 1.82) is 0 Å². The van der Waals surface area contributed by atoms with Gasteiger partial charge in [-0.3, -0.25) is 0 Å². The Bertz CT molecular complexity index is 1070. The number of carbonyl (C=O) groups is 1. The van der Waals surface area contributed by atoms with E-state index in [1.54, 1.807) is 20.8 Å². The second-order valence-electron chi connectivity index (χ2n) is 7.26. The van der Waals surface area contributed by atoms with Crippen molar-refractivity contribution in [3.8, 4) is 0 Å². The third kappa shape index (κ3) is 3.42. The maximum absolute atomic E-state index is 12.2. The number of fused-ring (bicyclic) bond motifs is 3. The second-order valence-corrected chi connectivity index (χ2v) is 7.26. The van der Waals surface area contributed by atoms with Crippen LogP contribution in [0.4, 0.5) is 10.5 Å². The lowest BCUT2D eigenvalue weighted by Gasteiger charge is -2.22. The van der Waals surface area contributed by atoms with Gasteiger partial charge in [0.05, 0.1) is 12.2 Å². The molecule has 2 aromatic heterocycles. The maximum Gasteiger partial charge on any atom is 0.408 e. The number of nitrogens with one attached hydrogen (secondary N) is 2. The van der Waals surface area contributed by atoms with Crippen molar-refractivity contribution in [2.75, 3.05) is 12.3 Å². The van der Waals surface area contributed by atoms with Crippen LogP contribution in [0.1, 0.15) is 49.0 Å². The Labute approximate surface area is 156 Å². The highest BCUT2D eigenvalue weighted by molar-refractivity contribution is 6.07. The standard InChI is InChI=1S/C19H24N4O3/c1-10-7-12(11(2)22-18(24)26-19(3,4)5)16-13(8-10)15-17(25-16)14(20-6)9-21-23-15/h7-9,11H,1-6H3,(H,20,23)(H,22,24)/t11-/m1/s1/i6D3. The highest BCUT2D eigenvalue weighted by atomic mass is 16.6. The van der Waals surface area contributed by atoms with Gasteiger partial charge in [0.15, 0.2) is 5.58 Å². The average Bonchev–Trinajstić information content (AvgIpc) is 2.90. The Hall–Kier alpha value is -2.83. The minimum atomic E-state index is -2.40. The van der Waals surface area contributed by atoms with E-state index in [-0.39, 0.29) is 5.69 Å². The van der Waals surface area contributed by atoms with Crippen molar-refractivity contribution >= 4 is 33.8 Å². The molecular weight excluding hydrogens is 332 g/mol. The van der Waals surface area contributed by atoms with E-state index in [4.69, 9.17) is 13.3 Å². The molecule has 1 amide bonds. The zero-order chi connectivity index (χ0) is 21.6. The van der Waals surface area contributed by atoms with Gasteiger partial charge in [0.25, 0.3) is 0 Å². The van der Waals surface area contributed by atoms with Crippen LogP contribution in [0.15, 0.2) is 22.7 Å². The van der Waals surface area contributed by atoms with E-state index in [9.17, 15) is 4.79 Å². The summed E-state index contributed by atoms with van der Waals surface area (Å²) in [7, 11) is 0. The molecule has 0 saturated heterocycles. The summed E-state index contributed by atoms with van der Waals surface area (Å²) in [4.78, 5) is 12.2. The summed E-state index contributed by atoms with van der Waals surface area (Å²) in [6.45, 7) is 6.70. The topological polar surface area (TPSA) is 89.3 Å². The van der Waals surface area contributed by atoms with Gasteiger partial charge in [-0.05, 0) is 46.2 Å². The minimum absolute atomic E-state index is 0.225. The Morgan fingerprint density at radius 3 is 2.81 bits per heavy atom. The van der Waals surface area contributed by atoms with Crippen LogP contribution in [-0.2, 0) is 4.74 Å². The lowest BCUT2D eigenvalue weighted by Crippen LogP contribution is -2.34. The second kappa shape index (κ2) is 6.48. The lowest BCUT2D eigenvalue weighted by atomic mass is 10.0. The van der Waals surface area contributed by atoms with Gasteiger partial charge >= 0.3 is 6.09 Å². The smallest absolute Gasteiger partial charge is 0.408 e. The van der Waals surface area contributed by atoms with Gasteiger partial charge in [-0.2, -0.15) is 5.10 Å². The van der Waals surface area contributed by atoms with Gasteiger partial charge in [-0.25, -0.2) is 4.79 Å². The molecule has 0 aliphatic heterocycles. The van der Waals surface area contributed by atoms with Crippen molar-refractivity contribution < 1.29 is 18.1 Å². The first kappa shape index (κ1) is 14.4. The molecule has 7 heteroatoms. The number of anilines is 1. The number of ether oxygens (including phenoxy) is 1. The average molecular weight is 359 g/mol. The van der Waals surface area contributed by atoms with Crippen molar-refractivity contribution in [2.24, 2.45) is 0 Å². The van der Waals surface area contributed by atoms with E-state index >= 15 is 0 Å². The zero-order valence-electron chi connectivity index (χ0n) is 18.4. The molecule has 0 spiro atoms. The normalized spacial score (nSPS) is 15.2. The van der Waals surface area contributed by atoms with Crippen LogP contribution in [0.3, 0.4) is 0 Å². The SMILES string of the molecule is [2H]C([2H])([2H])Nc1cnnc2c1oc1c([C@@H](C)NC(=O)OC(C)(C)C)cc(C)cc12. The minimum Gasteiger partial charge on any atom is -0.452 e. The van der Waals surface area contributed by atoms with E-state index in [2.05, 4.69) is 20.8 Å². The van der Waals surface area contributed by atoms with Gasteiger partial charge in [0.2, 0.25) is 0 Å². The molecule has 138 valence electrons. The molecule has 0 bridgehead atoms. The molecule has 2 heterocycles. The molecular formula is C19H24N4O3. The number of alkyl carbamates (subject to hydrolysis) is 1. The molecule has 0 unspecified atom stereocenters. The van der Waals surface area contributed by atoms with Crippen LogP contribution in [0.25, 0.3) is 22.1 Å². The van der Waals surface area contributed by atoms with Crippen LogP contribution >= 0.6 is 0 Å². The summed E-state index contributed by atoms with van der Waals surface area (Å²) in [6, 6.07) is 3.37. The molecule has 0 radical (unpaired) electrons. The van der Waals surface area contributed by atoms with Crippen LogP contribution in [-0.4, -0.2) is 28.9 Å². The number of aromatic nitrogens is 2. The fraction of sp³-hybridized carbons (Fsp3) is 0.421. The number of amides is 1. The molecule has 7 nitrogen and oxygen atoms in total. The summed E-state index contributed by atoms with van der Waals surface area (Å²) >= 11 is 0. The highest BCUT2D eigenvalue weighted by Crippen LogP contribution is 2.35. The quantitative estimate of drug-likeness (QED) is 0.724. The maximum atomic E-state index is 12.2. The fourth-order valence-electron chi connectivity index (χ4n) is 2.82. The number of aryl methyl sites for hydroxylation is 1.